The molecule has 0 aliphatic heterocycles. The van der Waals surface area contributed by atoms with E-state index < -0.39 is 12.0 Å². The summed E-state index contributed by atoms with van der Waals surface area (Å²) in [6.07, 6.45) is 4.26. The van der Waals surface area contributed by atoms with Gasteiger partial charge in [-0.05, 0) is 91.3 Å². The minimum Gasteiger partial charge on any atom is -0.492 e. The Kier molecular flexibility index (Phi) is 12.6. The van der Waals surface area contributed by atoms with Crippen molar-refractivity contribution < 1.29 is 19.4 Å². The minimum atomic E-state index is -1.02. The van der Waals surface area contributed by atoms with E-state index >= 15 is 0 Å². The predicted molar refractivity (Wildman–Crippen MR) is 165 cm³/mol. The van der Waals surface area contributed by atoms with E-state index in [1.807, 2.05) is 79.9 Å². The van der Waals surface area contributed by atoms with E-state index in [1.165, 1.54) is 0 Å². The number of ether oxygens (including phenoxy) is 1. The van der Waals surface area contributed by atoms with Crippen LogP contribution in [0.5, 0.6) is 5.75 Å². The standard InChI is InChI=1S/C33H42N2O4S/c1-5-19-35(26(6-2)23-39-27-13-8-7-9-14-27)22-25-16-17-29(30(21-25)28-15-11-10-12-24(28)3)32(36)34-31(33(37)38)18-20-40-4/h7-17,21,26,31H,5-6,18-20,22-23H2,1-4H3,(H,34,36)(H,37,38). The van der Waals surface area contributed by atoms with Gasteiger partial charge in [0.1, 0.15) is 18.4 Å². The zero-order valence-corrected chi connectivity index (χ0v) is 24.9. The quantitative estimate of drug-likeness (QED) is 0.203. The Morgan fingerprint density at radius 2 is 1.73 bits per heavy atom. The van der Waals surface area contributed by atoms with Crippen LogP contribution >= 0.6 is 11.8 Å². The summed E-state index contributed by atoms with van der Waals surface area (Å²) in [5.74, 6) is 0.133. The average molecular weight is 563 g/mol. The highest BCUT2D eigenvalue weighted by molar-refractivity contribution is 7.98. The van der Waals surface area contributed by atoms with Crippen LogP contribution in [-0.4, -0.2) is 59.1 Å². The maximum absolute atomic E-state index is 13.4. The third-order valence-corrected chi connectivity index (χ3v) is 7.69. The Morgan fingerprint density at radius 3 is 2.38 bits per heavy atom. The molecule has 0 spiro atoms. The van der Waals surface area contributed by atoms with E-state index in [-0.39, 0.29) is 11.9 Å². The Hall–Kier alpha value is -3.29. The van der Waals surface area contributed by atoms with Crippen molar-refractivity contribution in [2.24, 2.45) is 0 Å². The maximum atomic E-state index is 13.4. The molecule has 40 heavy (non-hydrogen) atoms. The first kappa shape index (κ1) is 31.2. The third-order valence-electron chi connectivity index (χ3n) is 7.05. The molecule has 3 aromatic carbocycles. The van der Waals surface area contributed by atoms with Crippen molar-refractivity contribution in [3.8, 4) is 16.9 Å². The SMILES string of the molecule is CCCN(Cc1ccc(C(=O)NC(CCSC)C(=O)O)c(-c2ccccc2C)c1)C(CC)COc1ccccc1. The van der Waals surface area contributed by atoms with Crippen molar-refractivity contribution in [2.45, 2.75) is 58.7 Å². The Morgan fingerprint density at radius 1 is 1.00 bits per heavy atom. The lowest BCUT2D eigenvalue weighted by Gasteiger charge is -2.31. The number of nitrogens with zero attached hydrogens (tertiary/aromatic N) is 1. The number of amides is 1. The van der Waals surface area contributed by atoms with Gasteiger partial charge in [-0.1, -0.05) is 62.4 Å². The largest absolute Gasteiger partial charge is 0.492 e. The number of aliphatic carboxylic acids is 1. The van der Waals surface area contributed by atoms with E-state index in [1.54, 1.807) is 11.8 Å². The van der Waals surface area contributed by atoms with Gasteiger partial charge in [-0.25, -0.2) is 4.79 Å². The molecule has 214 valence electrons. The lowest BCUT2D eigenvalue weighted by Crippen LogP contribution is -2.41. The zero-order valence-electron chi connectivity index (χ0n) is 24.1. The van der Waals surface area contributed by atoms with Gasteiger partial charge in [0.2, 0.25) is 0 Å². The van der Waals surface area contributed by atoms with Crippen LogP contribution in [0.15, 0.2) is 72.8 Å². The fourth-order valence-corrected chi connectivity index (χ4v) is 5.29. The van der Waals surface area contributed by atoms with Crippen LogP contribution in [0.2, 0.25) is 0 Å². The Labute approximate surface area is 243 Å². The van der Waals surface area contributed by atoms with Gasteiger partial charge in [0.25, 0.3) is 5.91 Å². The molecule has 2 unspecified atom stereocenters. The normalized spacial score (nSPS) is 12.6. The van der Waals surface area contributed by atoms with Crippen LogP contribution < -0.4 is 10.1 Å². The Balaban J connectivity index is 1.90. The molecule has 0 bridgehead atoms. The summed E-state index contributed by atoms with van der Waals surface area (Å²) in [6, 6.07) is 23.1. The van der Waals surface area contributed by atoms with Gasteiger partial charge in [0, 0.05) is 18.2 Å². The number of thioether (sulfide) groups is 1. The summed E-state index contributed by atoms with van der Waals surface area (Å²) in [7, 11) is 0. The topological polar surface area (TPSA) is 78.9 Å². The number of hydrogen-bond donors (Lipinski definition) is 2. The second-order valence-corrected chi connectivity index (χ2v) is 11.0. The lowest BCUT2D eigenvalue weighted by atomic mass is 9.93. The van der Waals surface area contributed by atoms with E-state index in [0.29, 0.717) is 24.3 Å². The number of rotatable bonds is 16. The highest BCUT2D eigenvalue weighted by Gasteiger charge is 2.24. The molecule has 2 N–H and O–H groups in total. The number of carboxylic acids is 1. The van der Waals surface area contributed by atoms with Crippen molar-refractivity contribution in [3.63, 3.8) is 0 Å². The number of carbonyl (C=O) groups is 2. The highest BCUT2D eigenvalue weighted by Crippen LogP contribution is 2.29. The minimum absolute atomic E-state index is 0.234. The molecule has 0 aliphatic carbocycles. The predicted octanol–water partition coefficient (Wildman–Crippen LogP) is 6.67. The van der Waals surface area contributed by atoms with Gasteiger partial charge in [-0.3, -0.25) is 9.69 Å². The van der Waals surface area contributed by atoms with Gasteiger partial charge in [0.15, 0.2) is 0 Å². The average Bonchev–Trinajstić information content (AvgIpc) is 2.96. The fourth-order valence-electron chi connectivity index (χ4n) is 4.82. The molecule has 7 heteroatoms. The van der Waals surface area contributed by atoms with E-state index in [0.717, 1.165) is 53.9 Å². The molecular formula is C33H42N2O4S. The fraction of sp³-hybridized carbons (Fsp3) is 0.394. The number of para-hydroxylation sites is 1. The van der Waals surface area contributed by atoms with Crippen LogP contribution in [0.1, 0.15) is 54.6 Å². The van der Waals surface area contributed by atoms with Gasteiger partial charge < -0.3 is 15.2 Å². The summed E-state index contributed by atoms with van der Waals surface area (Å²) in [6.45, 7) is 8.63. The Bertz CT molecular complexity index is 1230. The van der Waals surface area contributed by atoms with E-state index in [2.05, 4.69) is 30.1 Å². The molecular weight excluding hydrogens is 520 g/mol. The van der Waals surface area contributed by atoms with Crippen LogP contribution in [0.3, 0.4) is 0 Å². The number of aryl methyl sites for hydroxylation is 1. The van der Waals surface area contributed by atoms with Crippen LogP contribution in [-0.2, 0) is 11.3 Å². The van der Waals surface area contributed by atoms with E-state index in [4.69, 9.17) is 4.74 Å². The van der Waals surface area contributed by atoms with Gasteiger partial charge in [-0.15, -0.1) is 0 Å². The molecule has 6 nitrogen and oxygen atoms in total. The van der Waals surface area contributed by atoms with Crippen molar-refractivity contribution in [1.82, 2.24) is 10.2 Å². The van der Waals surface area contributed by atoms with Gasteiger partial charge in [-0.2, -0.15) is 11.8 Å². The van der Waals surface area contributed by atoms with Crippen molar-refractivity contribution in [3.05, 3.63) is 89.5 Å². The maximum Gasteiger partial charge on any atom is 0.326 e. The molecule has 3 rings (SSSR count). The molecule has 1 amide bonds. The van der Waals surface area contributed by atoms with E-state index in [9.17, 15) is 14.7 Å². The van der Waals surface area contributed by atoms with Gasteiger partial charge in [0.05, 0.1) is 0 Å². The second kappa shape index (κ2) is 16.1. The summed E-state index contributed by atoms with van der Waals surface area (Å²) in [5, 5.41) is 12.4. The molecule has 2 atom stereocenters. The summed E-state index contributed by atoms with van der Waals surface area (Å²) in [4.78, 5) is 27.7. The van der Waals surface area contributed by atoms with Gasteiger partial charge >= 0.3 is 5.97 Å². The number of nitrogens with one attached hydrogen (secondary N) is 1. The lowest BCUT2D eigenvalue weighted by molar-refractivity contribution is -0.139. The second-order valence-electron chi connectivity index (χ2n) is 10.00. The molecule has 3 aromatic rings. The van der Waals surface area contributed by atoms with Crippen molar-refractivity contribution in [1.29, 1.82) is 0 Å². The monoisotopic (exact) mass is 562 g/mol. The number of carbonyl (C=O) groups excluding carboxylic acids is 1. The number of hydrogen-bond acceptors (Lipinski definition) is 5. The molecule has 0 radical (unpaired) electrons. The first-order valence-electron chi connectivity index (χ1n) is 14.0. The first-order chi connectivity index (χ1) is 19.4. The molecule has 0 saturated heterocycles. The van der Waals surface area contributed by atoms with Crippen molar-refractivity contribution in [2.75, 3.05) is 25.2 Å². The molecule has 0 saturated carbocycles. The summed E-state index contributed by atoms with van der Waals surface area (Å²) >= 11 is 1.56. The molecule has 0 heterocycles. The van der Waals surface area contributed by atoms with Crippen LogP contribution in [0.25, 0.3) is 11.1 Å². The molecule has 0 fully saturated rings. The summed E-state index contributed by atoms with van der Waals surface area (Å²) < 4.78 is 6.12. The molecule has 0 aromatic heterocycles. The number of carboxylic acid groups (broad SMARTS) is 1. The van der Waals surface area contributed by atoms with Crippen LogP contribution in [0, 0.1) is 6.92 Å². The molecule has 0 aliphatic rings. The van der Waals surface area contributed by atoms with Crippen molar-refractivity contribution >= 4 is 23.6 Å². The summed E-state index contributed by atoms with van der Waals surface area (Å²) in [5.41, 5.74) is 4.41. The number of benzene rings is 3. The zero-order chi connectivity index (χ0) is 28.9. The van der Waals surface area contributed by atoms with Crippen LogP contribution in [0.4, 0.5) is 0 Å². The third kappa shape index (κ3) is 8.86. The smallest absolute Gasteiger partial charge is 0.326 e. The highest BCUT2D eigenvalue weighted by atomic mass is 32.2. The first-order valence-corrected chi connectivity index (χ1v) is 15.4.